The van der Waals surface area contributed by atoms with E-state index >= 15 is 0 Å². The first-order valence-electron chi connectivity index (χ1n) is 8.56. The van der Waals surface area contributed by atoms with Crippen molar-refractivity contribution in [3.63, 3.8) is 0 Å². The molecule has 5 heteroatoms. The molecule has 132 valence electrons. The first-order valence-corrected chi connectivity index (χ1v) is 8.56. The zero-order valence-electron chi connectivity index (χ0n) is 14.5. The second-order valence-corrected chi connectivity index (χ2v) is 6.31. The van der Waals surface area contributed by atoms with Crippen LogP contribution in [0.5, 0.6) is 0 Å². The van der Waals surface area contributed by atoms with E-state index in [0.717, 1.165) is 23.0 Å². The van der Waals surface area contributed by atoms with E-state index in [2.05, 4.69) is 4.98 Å². The van der Waals surface area contributed by atoms with E-state index in [0.29, 0.717) is 29.0 Å². The molecule has 0 saturated carbocycles. The van der Waals surface area contributed by atoms with E-state index in [4.69, 9.17) is 5.73 Å². The Morgan fingerprint density at radius 2 is 1.63 bits per heavy atom. The van der Waals surface area contributed by atoms with Crippen molar-refractivity contribution in [3.8, 4) is 11.1 Å². The van der Waals surface area contributed by atoms with Crippen LogP contribution < -0.4 is 5.73 Å². The van der Waals surface area contributed by atoms with Crippen molar-refractivity contribution in [2.45, 2.75) is 6.42 Å². The highest BCUT2D eigenvalue weighted by atomic mass is 16.1. The molecule has 2 aromatic heterocycles. The molecule has 0 fully saturated rings. The van der Waals surface area contributed by atoms with Crippen LogP contribution in [0.4, 0.5) is 0 Å². The lowest BCUT2D eigenvalue weighted by Gasteiger charge is -2.05. The van der Waals surface area contributed by atoms with Gasteiger partial charge in [-0.05, 0) is 28.8 Å². The molecule has 2 heterocycles. The number of imidazole rings is 1. The Morgan fingerprint density at radius 1 is 0.963 bits per heavy atom. The molecule has 0 saturated heterocycles. The summed E-state index contributed by atoms with van der Waals surface area (Å²) in [5.41, 5.74) is 11.1. The van der Waals surface area contributed by atoms with Crippen LogP contribution in [-0.2, 0) is 6.42 Å². The van der Waals surface area contributed by atoms with Crippen molar-refractivity contribution in [1.29, 1.82) is 0 Å². The minimum Gasteiger partial charge on any atom is -0.364 e. The SMILES string of the molecule is NC(=O)c1c(Cc2ccc(-c3ccc(C=O)cc3)cc2)nc2ccccn12. The van der Waals surface area contributed by atoms with Gasteiger partial charge in [0.25, 0.3) is 5.91 Å². The number of amides is 1. The molecule has 0 aliphatic heterocycles. The van der Waals surface area contributed by atoms with Crippen LogP contribution in [0.3, 0.4) is 0 Å². The smallest absolute Gasteiger partial charge is 0.267 e. The van der Waals surface area contributed by atoms with Gasteiger partial charge < -0.3 is 5.73 Å². The molecule has 2 N–H and O–H groups in total. The number of hydrogen-bond donors (Lipinski definition) is 1. The van der Waals surface area contributed by atoms with Gasteiger partial charge in [0.15, 0.2) is 0 Å². The zero-order chi connectivity index (χ0) is 18.8. The number of carbonyl (C=O) groups is 2. The highest BCUT2D eigenvalue weighted by Crippen LogP contribution is 2.22. The fourth-order valence-corrected chi connectivity index (χ4v) is 3.19. The number of hydrogen-bond acceptors (Lipinski definition) is 3. The fraction of sp³-hybridized carbons (Fsp3) is 0.0455. The van der Waals surface area contributed by atoms with Crippen molar-refractivity contribution in [2.24, 2.45) is 5.73 Å². The van der Waals surface area contributed by atoms with E-state index < -0.39 is 5.91 Å². The van der Waals surface area contributed by atoms with Gasteiger partial charge in [0.2, 0.25) is 0 Å². The van der Waals surface area contributed by atoms with Crippen molar-refractivity contribution in [1.82, 2.24) is 9.38 Å². The molecule has 4 aromatic rings. The summed E-state index contributed by atoms with van der Waals surface area (Å²) in [5, 5.41) is 0. The van der Waals surface area contributed by atoms with Gasteiger partial charge in [-0.2, -0.15) is 0 Å². The van der Waals surface area contributed by atoms with E-state index in [9.17, 15) is 9.59 Å². The Bertz CT molecular complexity index is 1130. The van der Waals surface area contributed by atoms with Gasteiger partial charge >= 0.3 is 0 Å². The number of primary amides is 1. The Hall–Kier alpha value is -3.73. The molecule has 0 unspecified atom stereocenters. The van der Waals surface area contributed by atoms with Gasteiger partial charge in [0, 0.05) is 18.2 Å². The number of nitrogens with zero attached hydrogens (tertiary/aromatic N) is 2. The topological polar surface area (TPSA) is 77.5 Å². The normalized spacial score (nSPS) is 10.8. The van der Waals surface area contributed by atoms with Crippen LogP contribution >= 0.6 is 0 Å². The summed E-state index contributed by atoms with van der Waals surface area (Å²) in [4.78, 5) is 27.2. The van der Waals surface area contributed by atoms with Gasteiger partial charge in [-0.15, -0.1) is 0 Å². The number of fused-ring (bicyclic) bond motifs is 1. The van der Waals surface area contributed by atoms with E-state index in [1.54, 1.807) is 22.7 Å². The van der Waals surface area contributed by atoms with Crippen molar-refractivity contribution >= 4 is 17.8 Å². The largest absolute Gasteiger partial charge is 0.364 e. The number of nitrogens with two attached hydrogens (primary N) is 1. The van der Waals surface area contributed by atoms with Crippen LogP contribution in [0.1, 0.15) is 32.1 Å². The highest BCUT2D eigenvalue weighted by Gasteiger charge is 2.16. The number of pyridine rings is 1. The maximum atomic E-state index is 11.9. The Balaban J connectivity index is 1.63. The molecular formula is C22H17N3O2. The molecule has 5 nitrogen and oxygen atoms in total. The van der Waals surface area contributed by atoms with Crippen LogP contribution in [0.25, 0.3) is 16.8 Å². The number of aldehydes is 1. The van der Waals surface area contributed by atoms with E-state index in [-0.39, 0.29) is 0 Å². The predicted octanol–water partition coefficient (Wildman–Crippen LogP) is 3.50. The van der Waals surface area contributed by atoms with Crippen LogP contribution in [-0.4, -0.2) is 21.6 Å². The minimum absolute atomic E-state index is 0.416. The summed E-state index contributed by atoms with van der Waals surface area (Å²) in [6.07, 6.45) is 3.14. The summed E-state index contributed by atoms with van der Waals surface area (Å²) < 4.78 is 1.72. The zero-order valence-corrected chi connectivity index (χ0v) is 14.5. The lowest BCUT2D eigenvalue weighted by atomic mass is 10.0. The fourth-order valence-electron chi connectivity index (χ4n) is 3.19. The maximum absolute atomic E-state index is 11.9. The summed E-state index contributed by atoms with van der Waals surface area (Å²) in [5.74, 6) is -0.490. The first-order chi connectivity index (χ1) is 13.2. The molecular weight excluding hydrogens is 338 g/mol. The minimum atomic E-state index is -0.490. The molecule has 2 aromatic carbocycles. The average molecular weight is 355 g/mol. The molecule has 0 atom stereocenters. The van der Waals surface area contributed by atoms with Crippen molar-refractivity contribution in [2.75, 3.05) is 0 Å². The first kappa shape index (κ1) is 16.7. The van der Waals surface area contributed by atoms with Gasteiger partial charge in [0.05, 0.1) is 5.69 Å². The summed E-state index contributed by atoms with van der Waals surface area (Å²) >= 11 is 0. The molecule has 0 bridgehead atoms. The van der Waals surface area contributed by atoms with Crippen molar-refractivity contribution < 1.29 is 9.59 Å². The third kappa shape index (κ3) is 3.22. The van der Waals surface area contributed by atoms with Gasteiger partial charge in [-0.25, -0.2) is 4.98 Å². The standard InChI is InChI=1S/C22H17N3O2/c23-22(27)21-19(24-20-3-1-2-12-25(20)21)13-15-4-8-17(9-5-15)18-10-6-16(14-26)7-11-18/h1-12,14H,13H2,(H2,23,27). The Kier molecular flexibility index (Phi) is 4.26. The molecule has 0 aliphatic carbocycles. The van der Waals surface area contributed by atoms with Gasteiger partial charge in [-0.3, -0.25) is 14.0 Å². The summed E-state index contributed by atoms with van der Waals surface area (Å²) in [6.45, 7) is 0. The molecule has 0 aliphatic rings. The van der Waals surface area contributed by atoms with Crippen LogP contribution in [0, 0.1) is 0 Å². The third-order valence-electron chi connectivity index (χ3n) is 4.54. The number of benzene rings is 2. The molecule has 27 heavy (non-hydrogen) atoms. The van der Waals surface area contributed by atoms with Crippen LogP contribution in [0.2, 0.25) is 0 Å². The highest BCUT2D eigenvalue weighted by molar-refractivity contribution is 5.93. The number of aromatic nitrogens is 2. The van der Waals surface area contributed by atoms with Crippen LogP contribution in [0.15, 0.2) is 72.9 Å². The molecule has 4 rings (SSSR count). The maximum Gasteiger partial charge on any atom is 0.267 e. The molecule has 0 spiro atoms. The Morgan fingerprint density at radius 3 is 2.26 bits per heavy atom. The summed E-state index contributed by atoms with van der Waals surface area (Å²) in [6, 6.07) is 21.1. The van der Waals surface area contributed by atoms with Gasteiger partial charge in [-0.1, -0.05) is 54.6 Å². The van der Waals surface area contributed by atoms with E-state index in [1.807, 2.05) is 54.6 Å². The van der Waals surface area contributed by atoms with Crippen molar-refractivity contribution in [3.05, 3.63) is 95.4 Å². The molecule has 1 amide bonds. The number of carbonyl (C=O) groups excluding carboxylic acids is 2. The van der Waals surface area contributed by atoms with Gasteiger partial charge in [0.1, 0.15) is 17.6 Å². The molecule has 0 radical (unpaired) electrons. The summed E-state index contributed by atoms with van der Waals surface area (Å²) in [7, 11) is 0. The third-order valence-corrected chi connectivity index (χ3v) is 4.54. The average Bonchev–Trinajstić information content (AvgIpc) is 3.06. The monoisotopic (exact) mass is 355 g/mol. The second-order valence-electron chi connectivity index (χ2n) is 6.31. The Labute approximate surface area is 156 Å². The number of rotatable bonds is 5. The van der Waals surface area contributed by atoms with E-state index in [1.165, 1.54) is 0 Å². The predicted molar refractivity (Wildman–Crippen MR) is 104 cm³/mol. The second kappa shape index (κ2) is 6.88. The quantitative estimate of drug-likeness (QED) is 0.557. The lowest BCUT2D eigenvalue weighted by molar-refractivity contribution is 0.0993. The lowest BCUT2D eigenvalue weighted by Crippen LogP contribution is -2.16.